The quantitative estimate of drug-likeness (QED) is 0.272. The van der Waals surface area contributed by atoms with Gasteiger partial charge in [0.05, 0.1) is 0 Å². The molecule has 0 unspecified atom stereocenters. The van der Waals surface area contributed by atoms with Gasteiger partial charge in [-0.1, -0.05) is 72.8 Å². The first-order valence-electron chi connectivity index (χ1n) is 8.47. The highest BCUT2D eigenvalue weighted by molar-refractivity contribution is 6.23. The topological polar surface area (TPSA) is 0 Å². The van der Waals surface area contributed by atoms with Gasteiger partial charge in [0.25, 0.3) is 0 Å². The van der Waals surface area contributed by atoms with E-state index >= 15 is 0 Å². The van der Waals surface area contributed by atoms with Gasteiger partial charge < -0.3 is 0 Å². The summed E-state index contributed by atoms with van der Waals surface area (Å²) in [6, 6.07) is 26.8. The average Bonchev–Trinajstić information content (AvgIpc) is 2.61. The molecular formula is C24H18. The second-order valence-corrected chi connectivity index (χ2v) is 6.73. The van der Waals surface area contributed by atoms with Gasteiger partial charge in [-0.3, -0.25) is 0 Å². The van der Waals surface area contributed by atoms with E-state index in [4.69, 9.17) is 0 Å². The van der Waals surface area contributed by atoms with Crippen molar-refractivity contribution in [3.05, 3.63) is 83.9 Å². The van der Waals surface area contributed by atoms with Gasteiger partial charge in [0, 0.05) is 0 Å². The van der Waals surface area contributed by atoms with Crippen LogP contribution in [0.2, 0.25) is 0 Å². The summed E-state index contributed by atoms with van der Waals surface area (Å²) in [5.41, 5.74) is 2.69. The highest BCUT2D eigenvalue weighted by atomic mass is 14.1. The van der Waals surface area contributed by atoms with Crippen molar-refractivity contribution in [1.82, 2.24) is 0 Å². The third-order valence-corrected chi connectivity index (χ3v) is 5.29. The minimum atomic E-state index is 1.32. The lowest BCUT2D eigenvalue weighted by molar-refractivity contribution is 1.54. The monoisotopic (exact) mass is 306 g/mol. The van der Waals surface area contributed by atoms with Crippen molar-refractivity contribution in [3.8, 4) is 0 Å². The van der Waals surface area contributed by atoms with Crippen LogP contribution in [0.15, 0.2) is 72.8 Å². The Kier molecular flexibility index (Phi) is 2.72. The first kappa shape index (κ1) is 13.6. The molecule has 0 amide bonds. The molecule has 0 aliphatic rings. The van der Waals surface area contributed by atoms with Gasteiger partial charge >= 0.3 is 0 Å². The van der Waals surface area contributed by atoms with E-state index in [0.717, 1.165) is 0 Å². The fraction of sp³-hybridized carbons (Fsp3) is 0.0833. The lowest BCUT2D eigenvalue weighted by Gasteiger charge is -2.12. The molecule has 0 aliphatic carbocycles. The van der Waals surface area contributed by atoms with Crippen molar-refractivity contribution < 1.29 is 0 Å². The van der Waals surface area contributed by atoms with Crippen molar-refractivity contribution in [2.75, 3.05) is 0 Å². The van der Waals surface area contributed by atoms with Crippen LogP contribution in [0.4, 0.5) is 0 Å². The minimum absolute atomic E-state index is 1.32. The largest absolute Gasteiger partial charge is 0.0616 e. The Balaban J connectivity index is 2.07. The summed E-state index contributed by atoms with van der Waals surface area (Å²) in [6.45, 7) is 4.42. The molecular weight excluding hydrogens is 288 g/mol. The Morgan fingerprint density at radius 2 is 1.12 bits per heavy atom. The molecule has 0 aromatic heterocycles. The lowest BCUT2D eigenvalue weighted by atomic mass is 9.91. The second kappa shape index (κ2) is 4.82. The third kappa shape index (κ3) is 1.74. The zero-order valence-electron chi connectivity index (χ0n) is 13.9. The van der Waals surface area contributed by atoms with Gasteiger partial charge in [-0.2, -0.15) is 0 Å². The van der Waals surface area contributed by atoms with E-state index in [0.29, 0.717) is 0 Å². The first-order valence-corrected chi connectivity index (χ1v) is 8.47. The molecule has 0 bridgehead atoms. The maximum Gasteiger partial charge on any atom is -0.00759 e. The molecule has 0 N–H and O–H groups in total. The molecule has 0 atom stereocenters. The van der Waals surface area contributed by atoms with E-state index in [1.165, 1.54) is 54.2 Å². The van der Waals surface area contributed by atoms with Gasteiger partial charge in [0.1, 0.15) is 0 Å². The van der Waals surface area contributed by atoms with Crippen LogP contribution < -0.4 is 0 Å². The summed E-state index contributed by atoms with van der Waals surface area (Å²) < 4.78 is 0. The molecule has 5 aromatic rings. The normalized spacial score (nSPS) is 11.8. The van der Waals surface area contributed by atoms with Crippen molar-refractivity contribution in [1.29, 1.82) is 0 Å². The van der Waals surface area contributed by atoms with E-state index in [1.807, 2.05) is 0 Å². The number of aryl methyl sites for hydroxylation is 2. The van der Waals surface area contributed by atoms with Crippen LogP contribution in [-0.4, -0.2) is 0 Å². The van der Waals surface area contributed by atoms with Crippen molar-refractivity contribution in [3.63, 3.8) is 0 Å². The number of fused-ring (bicyclic) bond motifs is 7. The number of hydrogen-bond acceptors (Lipinski definition) is 0. The molecule has 5 rings (SSSR count). The van der Waals surface area contributed by atoms with Gasteiger partial charge in [-0.05, 0) is 68.1 Å². The average molecular weight is 306 g/mol. The zero-order valence-corrected chi connectivity index (χ0v) is 13.9. The van der Waals surface area contributed by atoms with Crippen LogP contribution in [0.3, 0.4) is 0 Å². The van der Waals surface area contributed by atoms with E-state index in [2.05, 4.69) is 86.6 Å². The van der Waals surface area contributed by atoms with E-state index < -0.39 is 0 Å². The highest BCUT2D eigenvalue weighted by Crippen LogP contribution is 2.36. The molecule has 0 aliphatic heterocycles. The Hall–Kier alpha value is -2.86. The molecule has 0 fully saturated rings. The molecule has 24 heavy (non-hydrogen) atoms. The fourth-order valence-electron chi connectivity index (χ4n) is 4.15. The first-order chi connectivity index (χ1) is 11.7. The van der Waals surface area contributed by atoms with E-state index in [1.54, 1.807) is 0 Å². The van der Waals surface area contributed by atoms with Crippen molar-refractivity contribution in [2.45, 2.75) is 13.8 Å². The number of rotatable bonds is 0. The number of benzene rings is 5. The summed E-state index contributed by atoms with van der Waals surface area (Å²) in [6.07, 6.45) is 0. The molecule has 0 saturated carbocycles. The summed E-state index contributed by atoms with van der Waals surface area (Å²) in [4.78, 5) is 0. The standard InChI is InChI=1S/C24H18/c1-15-6-5-7-17-10-11-21-22(24(15)17)13-12-20-19-9-4-3-8-18(19)16(2)14-23(20)21/h3-14H,1-2H3. The van der Waals surface area contributed by atoms with Gasteiger partial charge in [-0.15, -0.1) is 0 Å². The van der Waals surface area contributed by atoms with Crippen LogP contribution >= 0.6 is 0 Å². The molecule has 0 heterocycles. The maximum absolute atomic E-state index is 2.35. The summed E-state index contributed by atoms with van der Waals surface area (Å²) in [7, 11) is 0. The minimum Gasteiger partial charge on any atom is -0.0616 e. The number of hydrogen-bond donors (Lipinski definition) is 0. The van der Waals surface area contributed by atoms with Crippen LogP contribution in [0, 0.1) is 13.8 Å². The van der Waals surface area contributed by atoms with Crippen molar-refractivity contribution >= 4 is 43.1 Å². The van der Waals surface area contributed by atoms with Crippen molar-refractivity contribution in [2.24, 2.45) is 0 Å². The predicted octanol–water partition coefficient (Wildman–Crippen LogP) is 6.92. The van der Waals surface area contributed by atoms with E-state index in [-0.39, 0.29) is 0 Å². The lowest BCUT2D eigenvalue weighted by Crippen LogP contribution is -1.86. The molecule has 5 aromatic carbocycles. The molecule has 0 radical (unpaired) electrons. The van der Waals surface area contributed by atoms with Gasteiger partial charge in [-0.25, -0.2) is 0 Å². The molecule has 0 heteroatoms. The molecule has 114 valence electrons. The van der Waals surface area contributed by atoms with Crippen LogP contribution in [0.1, 0.15) is 11.1 Å². The predicted molar refractivity (Wildman–Crippen MR) is 106 cm³/mol. The fourth-order valence-corrected chi connectivity index (χ4v) is 4.15. The Morgan fingerprint density at radius 1 is 0.458 bits per heavy atom. The zero-order chi connectivity index (χ0) is 16.3. The Morgan fingerprint density at radius 3 is 2.00 bits per heavy atom. The van der Waals surface area contributed by atoms with E-state index in [9.17, 15) is 0 Å². The SMILES string of the molecule is Cc1cc2c(ccc3c2ccc2cccc(C)c23)c2ccccc12. The second-order valence-electron chi connectivity index (χ2n) is 6.73. The molecule has 0 saturated heterocycles. The Bertz CT molecular complexity index is 1260. The smallest absolute Gasteiger partial charge is 0.00759 e. The van der Waals surface area contributed by atoms with Gasteiger partial charge in [0.2, 0.25) is 0 Å². The molecule has 0 spiro atoms. The van der Waals surface area contributed by atoms with Crippen LogP contribution in [0.25, 0.3) is 43.1 Å². The Labute approximate surface area is 141 Å². The highest BCUT2D eigenvalue weighted by Gasteiger charge is 2.09. The molecule has 0 nitrogen and oxygen atoms in total. The summed E-state index contributed by atoms with van der Waals surface area (Å²) in [5, 5.41) is 10.8. The summed E-state index contributed by atoms with van der Waals surface area (Å²) >= 11 is 0. The third-order valence-electron chi connectivity index (χ3n) is 5.29. The van der Waals surface area contributed by atoms with Crippen LogP contribution in [0.5, 0.6) is 0 Å². The maximum atomic E-state index is 2.35. The van der Waals surface area contributed by atoms with Gasteiger partial charge in [0.15, 0.2) is 0 Å². The summed E-state index contributed by atoms with van der Waals surface area (Å²) in [5.74, 6) is 0. The van der Waals surface area contributed by atoms with Crippen LogP contribution in [-0.2, 0) is 0 Å².